The second-order valence-electron chi connectivity index (χ2n) is 6.89. The van der Waals surface area contributed by atoms with Gasteiger partial charge in [0.1, 0.15) is 11.8 Å². The van der Waals surface area contributed by atoms with E-state index >= 15 is 0 Å². The number of aromatic nitrogens is 1. The molecule has 0 aliphatic carbocycles. The van der Waals surface area contributed by atoms with Crippen LogP contribution < -0.4 is 19.8 Å². The topological polar surface area (TPSA) is 77.0 Å². The lowest BCUT2D eigenvalue weighted by molar-refractivity contribution is -0.139. The fourth-order valence-electron chi connectivity index (χ4n) is 3.30. The van der Waals surface area contributed by atoms with Crippen LogP contribution in [0.25, 0.3) is 6.08 Å². The van der Waals surface area contributed by atoms with E-state index in [0.717, 1.165) is 4.88 Å². The van der Waals surface area contributed by atoms with Crippen molar-refractivity contribution in [1.29, 1.82) is 0 Å². The molecule has 4 heterocycles. The summed E-state index contributed by atoms with van der Waals surface area (Å²) >= 11 is 2.77. The van der Waals surface area contributed by atoms with Crippen LogP contribution in [0.4, 0.5) is 5.88 Å². The third-order valence-corrected chi connectivity index (χ3v) is 6.56. The van der Waals surface area contributed by atoms with Gasteiger partial charge in [0.2, 0.25) is 0 Å². The Bertz CT molecular complexity index is 1290. The zero-order valence-corrected chi connectivity index (χ0v) is 18.7. The van der Waals surface area contributed by atoms with Crippen molar-refractivity contribution in [3.8, 4) is 0 Å². The molecule has 1 aliphatic heterocycles. The summed E-state index contributed by atoms with van der Waals surface area (Å²) in [5.74, 6) is 0.831. The molecule has 1 atom stereocenters. The van der Waals surface area contributed by atoms with Gasteiger partial charge in [-0.2, -0.15) is 0 Å². The van der Waals surface area contributed by atoms with Crippen LogP contribution in [0.3, 0.4) is 0 Å². The summed E-state index contributed by atoms with van der Waals surface area (Å²) in [6, 6.07) is 6.93. The van der Waals surface area contributed by atoms with Crippen LogP contribution >= 0.6 is 22.7 Å². The monoisotopic (exact) mass is 443 g/mol. The Kier molecular flexibility index (Phi) is 5.48. The van der Waals surface area contributed by atoms with Crippen molar-refractivity contribution < 1.29 is 13.9 Å². The molecule has 0 radical (unpaired) electrons. The average molecular weight is 444 g/mol. The molecule has 7 nitrogen and oxygen atoms in total. The quantitative estimate of drug-likeness (QED) is 0.567. The van der Waals surface area contributed by atoms with Crippen LogP contribution in [-0.2, 0) is 9.53 Å². The van der Waals surface area contributed by atoms with Crippen molar-refractivity contribution in [1.82, 2.24) is 4.57 Å². The fourth-order valence-corrected chi connectivity index (χ4v) is 5.15. The van der Waals surface area contributed by atoms with Gasteiger partial charge in [-0.1, -0.05) is 17.4 Å². The van der Waals surface area contributed by atoms with Gasteiger partial charge in [-0.25, -0.2) is 9.79 Å². The Morgan fingerprint density at radius 3 is 2.80 bits per heavy atom. The van der Waals surface area contributed by atoms with Crippen LogP contribution in [0.15, 0.2) is 55.1 Å². The van der Waals surface area contributed by atoms with Gasteiger partial charge in [-0.3, -0.25) is 9.36 Å². The maximum absolute atomic E-state index is 13.4. The Balaban J connectivity index is 1.90. The highest BCUT2D eigenvalue weighted by Crippen LogP contribution is 2.33. The number of carbonyl (C=O) groups is 1. The van der Waals surface area contributed by atoms with Gasteiger partial charge in [-0.15, -0.1) is 11.3 Å². The fraction of sp³-hybridized carbons (Fsp3) is 0.286. The number of anilines is 1. The second kappa shape index (κ2) is 8.08. The third-order valence-electron chi connectivity index (χ3n) is 4.66. The molecular weight excluding hydrogens is 422 g/mol. The molecule has 0 bridgehead atoms. The number of esters is 1. The average Bonchev–Trinajstić information content (AvgIpc) is 3.43. The molecule has 4 rings (SSSR count). The van der Waals surface area contributed by atoms with Gasteiger partial charge in [0.25, 0.3) is 5.56 Å². The molecule has 0 fully saturated rings. The summed E-state index contributed by atoms with van der Waals surface area (Å²) in [5, 5.41) is 1.93. The molecule has 3 aromatic rings. The SMILES string of the molecule is CCOC(=O)C1=C(C)N=c2sc(=Cc3ccc(N(C)C)o3)c(=O)n2[C@H]1c1cccs1. The van der Waals surface area contributed by atoms with Crippen molar-refractivity contribution in [2.45, 2.75) is 19.9 Å². The van der Waals surface area contributed by atoms with E-state index in [-0.39, 0.29) is 12.2 Å². The Morgan fingerprint density at radius 1 is 1.37 bits per heavy atom. The number of thiazole rings is 1. The molecule has 156 valence electrons. The normalized spacial score (nSPS) is 16.4. The molecule has 0 N–H and O–H groups in total. The smallest absolute Gasteiger partial charge is 0.338 e. The lowest BCUT2D eigenvalue weighted by Crippen LogP contribution is -2.39. The first-order valence-corrected chi connectivity index (χ1v) is 11.1. The van der Waals surface area contributed by atoms with Gasteiger partial charge in [-0.05, 0) is 31.4 Å². The second-order valence-corrected chi connectivity index (χ2v) is 8.88. The van der Waals surface area contributed by atoms with Crippen molar-refractivity contribution >= 4 is 40.6 Å². The molecule has 0 spiro atoms. The van der Waals surface area contributed by atoms with Crippen molar-refractivity contribution in [3.63, 3.8) is 0 Å². The highest BCUT2D eigenvalue weighted by Gasteiger charge is 2.33. The predicted molar refractivity (Wildman–Crippen MR) is 118 cm³/mol. The molecule has 0 unspecified atom stereocenters. The molecule has 0 aromatic carbocycles. The Morgan fingerprint density at radius 2 is 2.17 bits per heavy atom. The number of rotatable bonds is 5. The molecule has 0 saturated heterocycles. The highest BCUT2D eigenvalue weighted by molar-refractivity contribution is 7.10. The largest absolute Gasteiger partial charge is 0.463 e. The molecular formula is C21H21N3O4S2. The number of carbonyl (C=O) groups excluding carboxylic acids is 1. The van der Waals surface area contributed by atoms with Gasteiger partial charge >= 0.3 is 5.97 Å². The zero-order chi connectivity index (χ0) is 21.4. The zero-order valence-electron chi connectivity index (χ0n) is 17.0. The maximum atomic E-state index is 13.4. The first kappa shape index (κ1) is 20.4. The summed E-state index contributed by atoms with van der Waals surface area (Å²) in [6.45, 7) is 3.79. The summed E-state index contributed by atoms with van der Waals surface area (Å²) in [7, 11) is 3.77. The van der Waals surface area contributed by atoms with E-state index in [1.165, 1.54) is 22.7 Å². The number of furan rings is 1. The molecule has 3 aromatic heterocycles. The summed E-state index contributed by atoms with van der Waals surface area (Å²) in [6.07, 6.45) is 1.71. The summed E-state index contributed by atoms with van der Waals surface area (Å²) < 4.78 is 13.1. The number of nitrogens with zero attached hydrogens (tertiary/aromatic N) is 3. The molecule has 0 saturated carbocycles. The molecule has 9 heteroatoms. The number of ether oxygens (including phenoxy) is 1. The minimum atomic E-state index is -0.559. The molecule has 0 amide bonds. The summed E-state index contributed by atoms with van der Waals surface area (Å²) in [4.78, 5) is 33.9. The highest BCUT2D eigenvalue weighted by atomic mass is 32.1. The van der Waals surface area contributed by atoms with Crippen molar-refractivity contribution in [3.05, 3.63) is 71.2 Å². The van der Waals surface area contributed by atoms with Crippen molar-refractivity contribution in [2.75, 3.05) is 25.6 Å². The standard InChI is InChI=1S/C21H21N3O4S2/c1-5-27-20(26)17-12(2)22-21-24(18(17)14-7-6-10-29-14)19(25)15(30-21)11-13-8-9-16(28-13)23(3)4/h6-11,18H,5H2,1-4H3/t18-/m0/s1. The number of allylic oxidation sites excluding steroid dienone is 1. The number of hydrogen-bond acceptors (Lipinski definition) is 8. The van der Waals surface area contributed by atoms with Crippen LogP contribution in [0.1, 0.15) is 30.5 Å². The first-order valence-electron chi connectivity index (χ1n) is 9.41. The molecule has 1 aliphatic rings. The predicted octanol–water partition coefficient (Wildman–Crippen LogP) is 2.52. The number of fused-ring (bicyclic) bond motifs is 1. The Hall–Kier alpha value is -2.91. The van der Waals surface area contributed by atoms with Crippen molar-refractivity contribution in [2.24, 2.45) is 4.99 Å². The van der Waals surface area contributed by atoms with Crippen LogP contribution in [0, 0.1) is 0 Å². The minimum Gasteiger partial charge on any atom is -0.463 e. The maximum Gasteiger partial charge on any atom is 0.338 e. The summed E-state index contributed by atoms with van der Waals surface area (Å²) in [5.41, 5.74) is 0.743. The first-order chi connectivity index (χ1) is 14.4. The van der Waals surface area contributed by atoms with Crippen LogP contribution in [0.5, 0.6) is 0 Å². The number of hydrogen-bond donors (Lipinski definition) is 0. The van der Waals surface area contributed by atoms with E-state index in [1.54, 1.807) is 24.5 Å². The Labute approximate surface area is 180 Å². The van der Waals surface area contributed by atoms with E-state index in [4.69, 9.17) is 9.15 Å². The van der Waals surface area contributed by atoms with Gasteiger partial charge in [0.05, 0.1) is 22.4 Å². The van der Waals surface area contributed by atoms with E-state index in [9.17, 15) is 9.59 Å². The lowest BCUT2D eigenvalue weighted by Gasteiger charge is -2.23. The van der Waals surface area contributed by atoms with Gasteiger partial charge in [0.15, 0.2) is 10.7 Å². The van der Waals surface area contributed by atoms with Crippen LogP contribution in [-0.4, -0.2) is 31.2 Å². The van der Waals surface area contributed by atoms with Crippen LogP contribution in [0.2, 0.25) is 0 Å². The minimum absolute atomic E-state index is 0.214. The third kappa shape index (κ3) is 3.54. The van der Waals surface area contributed by atoms with E-state index < -0.39 is 12.0 Å². The van der Waals surface area contributed by atoms with E-state index in [1.807, 2.05) is 48.6 Å². The number of thiophene rings is 1. The lowest BCUT2D eigenvalue weighted by atomic mass is 10.0. The van der Waals surface area contributed by atoms with E-state index in [2.05, 4.69) is 4.99 Å². The van der Waals surface area contributed by atoms with Gasteiger partial charge < -0.3 is 14.1 Å². The van der Waals surface area contributed by atoms with E-state index in [0.29, 0.717) is 32.2 Å². The molecule has 30 heavy (non-hydrogen) atoms. The van der Waals surface area contributed by atoms with Gasteiger partial charge in [0, 0.05) is 31.1 Å².